The van der Waals surface area contributed by atoms with Gasteiger partial charge < -0.3 is 9.72 Å². The molecule has 592 valence electrons. The molecule has 0 aromatic carbocycles. The lowest BCUT2D eigenvalue weighted by atomic mass is 9.84. The molecule has 110 heavy (non-hydrogen) atoms. The fourth-order valence-corrected chi connectivity index (χ4v) is 12.7. The summed E-state index contributed by atoms with van der Waals surface area (Å²) in [5.41, 5.74) is 15.3. The molecule has 0 saturated carbocycles. The highest BCUT2D eigenvalue weighted by Gasteiger charge is 2.30. The number of H-pyrrole nitrogens is 1. The van der Waals surface area contributed by atoms with Crippen LogP contribution in [0.2, 0.25) is 0 Å². The number of nitrogens with zero attached hydrogens (tertiary/aromatic N) is 9. The number of ether oxygens (including phenoxy) is 1. The molecule has 5 aliphatic heterocycles. The highest BCUT2D eigenvalue weighted by molar-refractivity contribution is 7.12. The third-order valence-corrected chi connectivity index (χ3v) is 20.5. The van der Waals surface area contributed by atoms with Gasteiger partial charge in [0.15, 0.2) is 5.82 Å². The highest BCUT2D eigenvalue weighted by Crippen LogP contribution is 2.35. The Labute approximate surface area is 682 Å². The second kappa shape index (κ2) is 43.2. The Hall–Kier alpha value is -8.66. The van der Waals surface area contributed by atoms with Crippen molar-refractivity contribution in [3.63, 3.8) is 0 Å². The van der Waals surface area contributed by atoms with E-state index in [0.29, 0.717) is 5.82 Å². The Kier molecular flexibility index (Phi) is 39.0. The average molecular weight is 1560 g/mol. The van der Waals surface area contributed by atoms with E-state index in [2.05, 4.69) is 347 Å². The first-order valence-corrected chi connectivity index (χ1v) is 40.3. The fraction of sp³-hybridized carbons (Fsp3) is 0.489. The first-order chi connectivity index (χ1) is 50.4. The van der Waals surface area contributed by atoms with Gasteiger partial charge in [-0.2, -0.15) is 8.75 Å². The van der Waals surface area contributed by atoms with Gasteiger partial charge in [0.05, 0.1) is 42.4 Å². The first-order valence-electron chi connectivity index (χ1n) is 37.0. The zero-order valence-electron chi connectivity index (χ0n) is 72.5. The largest absolute Gasteiger partial charge is 0.458 e. The zero-order chi connectivity index (χ0) is 84.8. The molecule has 5 aliphatic rings. The van der Waals surface area contributed by atoms with Crippen molar-refractivity contribution in [1.29, 1.82) is 0 Å². The van der Waals surface area contributed by atoms with Crippen molar-refractivity contribution in [3.05, 3.63) is 168 Å². The van der Waals surface area contributed by atoms with Gasteiger partial charge in [-0.05, 0) is 126 Å². The van der Waals surface area contributed by atoms with E-state index in [9.17, 15) is 4.79 Å². The molecule has 12 nitrogen and oxygen atoms in total. The molecule has 1 unspecified atom stereocenters. The molecular formula is C94H130N10O2S4. The van der Waals surface area contributed by atoms with E-state index in [0.717, 1.165) is 93.8 Å². The number of terminal acetylenes is 5. The molecule has 0 spiro atoms. The third-order valence-electron chi connectivity index (χ3n) is 16.3. The number of carbonyl (C=O) groups is 1. The number of carbonyl (C=O) groups excluding carboxylic acids is 1. The van der Waals surface area contributed by atoms with Crippen molar-refractivity contribution in [2.24, 2.45) is 47.0 Å². The van der Waals surface area contributed by atoms with E-state index < -0.39 is 0 Å². The fourth-order valence-electron chi connectivity index (χ4n) is 9.32. The second-order valence-corrected chi connectivity index (χ2v) is 39.9. The Bertz CT molecular complexity index is 4200. The molecular weight excluding hydrogens is 1430 g/mol. The van der Waals surface area contributed by atoms with Crippen molar-refractivity contribution in [3.8, 4) is 61.7 Å². The van der Waals surface area contributed by atoms with Crippen LogP contribution in [0.1, 0.15) is 274 Å². The van der Waals surface area contributed by atoms with Crippen LogP contribution in [0.15, 0.2) is 134 Å². The minimum absolute atomic E-state index is 0.0417. The van der Waals surface area contributed by atoms with Gasteiger partial charge in [-0.3, -0.25) is 15.0 Å². The summed E-state index contributed by atoms with van der Waals surface area (Å²) < 4.78 is 13.6. The van der Waals surface area contributed by atoms with E-state index in [1.807, 2.05) is 24.4 Å². The highest BCUT2D eigenvalue weighted by atomic mass is 32.1. The van der Waals surface area contributed by atoms with Crippen LogP contribution in [0, 0.1) is 88.8 Å². The SMILES string of the molecule is C#CC1=NC(C(C)(C)C)=CC1.C#CC1=NCC(C(C)(C)C)=C1.C#CC1=NCC=C1C(C)(C)C.C#CC1=NCC=C1C(C)(C)C.C#Cc1ncc(C(C)(C)C)[nH]1.C=Cc1cc(C(C)(C)C)sn1.C=Cc1nc(C(C)(C)C)cs1.C=Cc1ncc(C(C)(C)C)s1.C=Cc1nscc1C(C)(C)C.CC(C)(C)C1CC=CC(=O)O1. The summed E-state index contributed by atoms with van der Waals surface area (Å²) in [6.07, 6.45) is 50.5. The van der Waals surface area contributed by atoms with Crippen LogP contribution in [-0.4, -0.2) is 83.2 Å². The van der Waals surface area contributed by atoms with Gasteiger partial charge >= 0.3 is 5.97 Å². The monoisotopic (exact) mass is 1560 g/mol. The number of hydrogen-bond acceptors (Lipinski definition) is 15. The van der Waals surface area contributed by atoms with Gasteiger partial charge in [0.1, 0.15) is 33.3 Å². The zero-order valence-corrected chi connectivity index (χ0v) is 75.7. The smallest absolute Gasteiger partial charge is 0.330 e. The lowest BCUT2D eigenvalue weighted by Crippen LogP contribution is -2.32. The molecule has 0 amide bonds. The predicted octanol–water partition coefficient (Wildman–Crippen LogP) is 24.5. The molecule has 1 atom stereocenters. The van der Waals surface area contributed by atoms with E-state index in [4.69, 9.17) is 36.9 Å². The van der Waals surface area contributed by atoms with E-state index in [1.54, 1.807) is 58.6 Å². The summed E-state index contributed by atoms with van der Waals surface area (Å²) in [7, 11) is 0. The summed E-state index contributed by atoms with van der Waals surface area (Å²) >= 11 is 6.41. The molecule has 0 bridgehead atoms. The van der Waals surface area contributed by atoms with Gasteiger partial charge in [0.2, 0.25) is 0 Å². The van der Waals surface area contributed by atoms with Crippen LogP contribution in [0.25, 0.3) is 24.3 Å². The molecule has 10 rings (SSSR count). The lowest BCUT2D eigenvalue weighted by Gasteiger charge is -2.30. The summed E-state index contributed by atoms with van der Waals surface area (Å²) in [4.78, 5) is 46.0. The topological polar surface area (TPSA) is 156 Å². The van der Waals surface area contributed by atoms with Crippen LogP contribution < -0.4 is 0 Å². The van der Waals surface area contributed by atoms with E-state index in [-0.39, 0.29) is 66.2 Å². The maximum absolute atomic E-state index is 10.8. The Balaban J connectivity index is 0.000000611. The standard InChI is InChI=1S/4C10H13N.C9H12N2.4C9H13NS.C9H14O2/c1-5-9-6-8(7-11-9)10(2,3)4;2*1-5-9-8(6-7-11-9)10(2,3)4;1-5-8-6-7-9(11-8)10(2,3)4;1-5-8-10-6-7(11-8)9(2,3)4;1-5-8-10-7(6-11-8)9(2,3)4;1-5-8-10-6-7(11-8)9(2,3)4;1-5-8-7(6-11-10-8)9(2,3)4;1-5-7-6-8(11-10-7)9(2,3)4;1-9(2,3)7-5-4-6-8(10)11-7/h3*1,6H,7H2,2-4H3;1,7H,6H2,2-4H3;1,6H,2-4H3,(H,10,11);4*5-6H,1H2,2-4H3;4,6-7H,5H2,1-3H3. The molecule has 10 heterocycles. The van der Waals surface area contributed by atoms with Crippen molar-refractivity contribution in [2.75, 3.05) is 19.6 Å². The van der Waals surface area contributed by atoms with Crippen LogP contribution >= 0.6 is 45.7 Å². The summed E-state index contributed by atoms with van der Waals surface area (Å²) in [6.45, 7) is 81.6. The Morgan fingerprint density at radius 2 is 1.11 bits per heavy atom. The molecule has 1 N–H and O–H groups in total. The second-order valence-electron chi connectivity index (χ2n) is 36.6. The van der Waals surface area contributed by atoms with Crippen LogP contribution in [0.4, 0.5) is 0 Å². The number of rotatable bonds is 4. The van der Waals surface area contributed by atoms with Crippen molar-refractivity contribution in [1.82, 2.24) is 28.7 Å². The van der Waals surface area contributed by atoms with Gasteiger partial charge in [-0.1, -0.05) is 282 Å². The first kappa shape index (κ1) is 99.3. The quantitative estimate of drug-likeness (QED) is 0.139. The Morgan fingerprint density at radius 1 is 0.555 bits per heavy atom. The number of allylic oxidation sites excluding steroid dienone is 5. The summed E-state index contributed by atoms with van der Waals surface area (Å²) in [6, 6.07) is 2.09. The van der Waals surface area contributed by atoms with E-state index in [1.165, 1.54) is 49.6 Å². The van der Waals surface area contributed by atoms with Crippen LogP contribution in [0.3, 0.4) is 0 Å². The number of thiazole rings is 2. The molecule has 0 saturated heterocycles. The van der Waals surface area contributed by atoms with Gasteiger partial charge in [-0.25, -0.2) is 24.7 Å². The van der Waals surface area contributed by atoms with Crippen LogP contribution in [-0.2, 0) is 36.6 Å². The van der Waals surface area contributed by atoms with Crippen molar-refractivity contribution < 1.29 is 9.53 Å². The minimum Gasteiger partial charge on any atom is -0.458 e. The molecule has 0 fully saturated rings. The van der Waals surface area contributed by atoms with Gasteiger partial charge in [0.25, 0.3) is 0 Å². The average Bonchev–Trinajstić information content (AvgIpc) is 1.64. The number of cyclic esters (lactones) is 1. The number of imidazole rings is 1. The maximum Gasteiger partial charge on any atom is 0.330 e. The summed E-state index contributed by atoms with van der Waals surface area (Å²) in [5, 5.41) is 6.21. The van der Waals surface area contributed by atoms with E-state index >= 15 is 0 Å². The predicted molar refractivity (Wildman–Crippen MR) is 486 cm³/mol. The third kappa shape index (κ3) is 36.0. The molecule has 5 aromatic rings. The number of hydrogen-bond donors (Lipinski definition) is 1. The summed E-state index contributed by atoms with van der Waals surface area (Å²) in [5.74, 6) is 13.2. The minimum atomic E-state index is -0.212. The number of aromatic amines is 1. The molecule has 5 aromatic heterocycles. The number of nitrogens with one attached hydrogen (secondary N) is 1. The number of aliphatic imine (C=N–C) groups is 4. The normalized spacial score (nSPS) is 15.1. The lowest BCUT2D eigenvalue weighted by molar-refractivity contribution is -0.149. The van der Waals surface area contributed by atoms with Gasteiger partial charge in [-0.15, -0.1) is 54.8 Å². The molecule has 0 aliphatic carbocycles. The van der Waals surface area contributed by atoms with Crippen molar-refractivity contribution in [2.45, 2.75) is 254 Å². The molecule has 16 heteroatoms. The molecule has 0 radical (unpaired) electrons. The van der Waals surface area contributed by atoms with Crippen molar-refractivity contribution >= 4 is 98.9 Å². The number of aromatic nitrogens is 6. The van der Waals surface area contributed by atoms with Gasteiger partial charge in [0, 0.05) is 79.5 Å². The van der Waals surface area contributed by atoms with Crippen LogP contribution in [0.5, 0.6) is 0 Å². The number of esters is 1. The Morgan fingerprint density at radius 3 is 1.38 bits per heavy atom. The maximum atomic E-state index is 10.8.